The third-order valence-corrected chi connectivity index (χ3v) is 2.51. The van der Waals surface area contributed by atoms with E-state index in [1.54, 1.807) is 11.3 Å². The Labute approximate surface area is 83.4 Å². The summed E-state index contributed by atoms with van der Waals surface area (Å²) in [7, 11) is 0. The fourth-order valence-corrected chi connectivity index (χ4v) is 1.72. The lowest BCUT2D eigenvalue weighted by molar-refractivity contribution is 0.606. The molecule has 0 saturated carbocycles. The molecule has 1 rings (SSSR count). The Morgan fingerprint density at radius 2 is 2.46 bits per heavy atom. The molecular formula is C9H17N3S. The minimum Gasteiger partial charge on any atom is -0.327 e. The van der Waals surface area contributed by atoms with Crippen molar-refractivity contribution in [2.75, 3.05) is 13.1 Å². The average Bonchev–Trinajstić information content (AvgIpc) is 2.45. The minimum atomic E-state index is 0.233. The summed E-state index contributed by atoms with van der Waals surface area (Å²) in [6.45, 7) is 5.87. The second kappa shape index (κ2) is 5.32. The molecule has 3 N–H and O–H groups in total. The highest BCUT2D eigenvalue weighted by Crippen LogP contribution is 2.07. The standard InChI is InChI=1S/C9H17N3S/c1-7(10)5-11-4-3-9-6-13-8(2)12-9/h6-7,11H,3-5,10H2,1-2H3. The van der Waals surface area contributed by atoms with Crippen LogP contribution in [0, 0.1) is 6.92 Å². The molecule has 0 aliphatic rings. The second-order valence-corrected chi connectivity index (χ2v) is 4.35. The molecular weight excluding hydrogens is 182 g/mol. The zero-order valence-corrected chi connectivity index (χ0v) is 9.03. The van der Waals surface area contributed by atoms with E-state index < -0.39 is 0 Å². The van der Waals surface area contributed by atoms with Crippen LogP contribution in [0.25, 0.3) is 0 Å². The largest absolute Gasteiger partial charge is 0.327 e. The smallest absolute Gasteiger partial charge is 0.0897 e. The number of hydrogen-bond donors (Lipinski definition) is 2. The van der Waals surface area contributed by atoms with Crippen molar-refractivity contribution in [3.8, 4) is 0 Å². The quantitative estimate of drug-likeness (QED) is 0.694. The van der Waals surface area contributed by atoms with Gasteiger partial charge in [0.15, 0.2) is 0 Å². The van der Waals surface area contributed by atoms with Crippen LogP contribution in [0.3, 0.4) is 0 Å². The Kier molecular flexibility index (Phi) is 4.35. The molecule has 0 aliphatic heterocycles. The van der Waals surface area contributed by atoms with Gasteiger partial charge in [0.05, 0.1) is 10.7 Å². The molecule has 0 amide bonds. The third-order valence-electron chi connectivity index (χ3n) is 1.69. The SMILES string of the molecule is Cc1nc(CCNCC(C)N)cs1. The number of rotatable bonds is 5. The van der Waals surface area contributed by atoms with Crippen LogP contribution >= 0.6 is 11.3 Å². The minimum absolute atomic E-state index is 0.233. The predicted molar refractivity (Wildman–Crippen MR) is 57.1 cm³/mol. The predicted octanol–water partition coefficient (Wildman–Crippen LogP) is 0.931. The number of hydrogen-bond acceptors (Lipinski definition) is 4. The van der Waals surface area contributed by atoms with E-state index in [1.165, 1.54) is 5.69 Å². The van der Waals surface area contributed by atoms with Crippen molar-refractivity contribution in [1.82, 2.24) is 10.3 Å². The van der Waals surface area contributed by atoms with Crippen molar-refractivity contribution in [1.29, 1.82) is 0 Å². The van der Waals surface area contributed by atoms with Crippen molar-refractivity contribution < 1.29 is 0 Å². The van der Waals surface area contributed by atoms with E-state index in [4.69, 9.17) is 5.73 Å². The maximum atomic E-state index is 5.60. The van der Waals surface area contributed by atoms with Crippen LogP contribution in [0.4, 0.5) is 0 Å². The molecule has 1 aromatic heterocycles. The summed E-state index contributed by atoms with van der Waals surface area (Å²) in [5.41, 5.74) is 6.78. The van der Waals surface area contributed by atoms with Crippen molar-refractivity contribution in [2.24, 2.45) is 5.73 Å². The molecule has 4 heteroatoms. The molecule has 74 valence electrons. The Morgan fingerprint density at radius 3 is 3.00 bits per heavy atom. The van der Waals surface area contributed by atoms with Crippen LogP contribution < -0.4 is 11.1 Å². The molecule has 1 aromatic rings. The first-order chi connectivity index (χ1) is 6.18. The zero-order valence-electron chi connectivity index (χ0n) is 8.21. The monoisotopic (exact) mass is 199 g/mol. The van der Waals surface area contributed by atoms with E-state index in [2.05, 4.69) is 15.7 Å². The Morgan fingerprint density at radius 1 is 1.69 bits per heavy atom. The van der Waals surface area contributed by atoms with Crippen LogP contribution in [-0.4, -0.2) is 24.1 Å². The van der Waals surface area contributed by atoms with Crippen LogP contribution in [0.1, 0.15) is 17.6 Å². The second-order valence-electron chi connectivity index (χ2n) is 3.29. The van der Waals surface area contributed by atoms with E-state index in [1.807, 2.05) is 13.8 Å². The summed E-state index contributed by atoms with van der Waals surface area (Å²) >= 11 is 1.71. The van der Waals surface area contributed by atoms with Gasteiger partial charge in [-0.25, -0.2) is 4.98 Å². The van der Waals surface area contributed by atoms with Gasteiger partial charge in [0, 0.05) is 30.9 Å². The summed E-state index contributed by atoms with van der Waals surface area (Å²) in [6, 6.07) is 0.233. The maximum Gasteiger partial charge on any atom is 0.0897 e. The number of nitrogens with one attached hydrogen (secondary N) is 1. The van der Waals surface area contributed by atoms with Crippen molar-refractivity contribution >= 4 is 11.3 Å². The lowest BCUT2D eigenvalue weighted by Crippen LogP contribution is -2.32. The summed E-state index contributed by atoms with van der Waals surface area (Å²) < 4.78 is 0. The maximum absolute atomic E-state index is 5.60. The lowest BCUT2D eigenvalue weighted by atomic mass is 10.3. The molecule has 1 unspecified atom stereocenters. The van der Waals surface area contributed by atoms with Crippen LogP contribution in [0.15, 0.2) is 5.38 Å². The van der Waals surface area contributed by atoms with E-state index in [0.717, 1.165) is 24.5 Å². The molecule has 0 aromatic carbocycles. The molecule has 13 heavy (non-hydrogen) atoms. The van der Waals surface area contributed by atoms with Crippen molar-refractivity contribution in [3.63, 3.8) is 0 Å². The number of nitrogens with two attached hydrogens (primary N) is 1. The topological polar surface area (TPSA) is 50.9 Å². The van der Waals surface area contributed by atoms with Gasteiger partial charge in [-0.05, 0) is 13.8 Å². The molecule has 1 heterocycles. The van der Waals surface area contributed by atoms with Gasteiger partial charge in [-0.1, -0.05) is 0 Å². The highest BCUT2D eigenvalue weighted by atomic mass is 32.1. The van der Waals surface area contributed by atoms with Crippen LogP contribution in [0.2, 0.25) is 0 Å². The molecule has 3 nitrogen and oxygen atoms in total. The van der Waals surface area contributed by atoms with E-state index in [9.17, 15) is 0 Å². The Balaban J connectivity index is 2.13. The third kappa shape index (κ3) is 4.36. The molecule has 0 radical (unpaired) electrons. The summed E-state index contributed by atoms with van der Waals surface area (Å²) in [5.74, 6) is 0. The lowest BCUT2D eigenvalue weighted by Gasteiger charge is -2.05. The van der Waals surface area contributed by atoms with Crippen molar-refractivity contribution in [2.45, 2.75) is 26.3 Å². The van der Waals surface area contributed by atoms with Gasteiger partial charge < -0.3 is 11.1 Å². The Bertz CT molecular complexity index is 245. The summed E-state index contributed by atoms with van der Waals surface area (Å²) in [5, 5.41) is 6.54. The van der Waals surface area contributed by atoms with Gasteiger partial charge >= 0.3 is 0 Å². The number of nitrogens with zero attached hydrogens (tertiary/aromatic N) is 1. The first kappa shape index (κ1) is 10.6. The van der Waals surface area contributed by atoms with Crippen molar-refractivity contribution in [3.05, 3.63) is 16.1 Å². The van der Waals surface area contributed by atoms with E-state index >= 15 is 0 Å². The van der Waals surface area contributed by atoms with Gasteiger partial charge in [-0.15, -0.1) is 11.3 Å². The molecule has 0 spiro atoms. The molecule has 0 fully saturated rings. The van der Waals surface area contributed by atoms with E-state index in [-0.39, 0.29) is 6.04 Å². The van der Waals surface area contributed by atoms with E-state index in [0.29, 0.717) is 0 Å². The summed E-state index contributed by atoms with van der Waals surface area (Å²) in [6.07, 6.45) is 0.997. The van der Waals surface area contributed by atoms with Gasteiger partial charge in [-0.2, -0.15) is 0 Å². The van der Waals surface area contributed by atoms with Gasteiger partial charge in [-0.3, -0.25) is 0 Å². The first-order valence-electron chi connectivity index (χ1n) is 4.56. The Hall–Kier alpha value is -0.450. The van der Waals surface area contributed by atoms with Gasteiger partial charge in [0.1, 0.15) is 0 Å². The fraction of sp³-hybridized carbons (Fsp3) is 0.667. The number of aryl methyl sites for hydroxylation is 1. The molecule has 1 atom stereocenters. The van der Waals surface area contributed by atoms with Gasteiger partial charge in [0.2, 0.25) is 0 Å². The average molecular weight is 199 g/mol. The van der Waals surface area contributed by atoms with Gasteiger partial charge in [0.25, 0.3) is 0 Å². The van der Waals surface area contributed by atoms with Crippen LogP contribution in [0.5, 0.6) is 0 Å². The van der Waals surface area contributed by atoms with Crippen LogP contribution in [-0.2, 0) is 6.42 Å². The fourth-order valence-electron chi connectivity index (χ4n) is 1.07. The molecule has 0 aliphatic carbocycles. The zero-order chi connectivity index (χ0) is 9.68. The number of aromatic nitrogens is 1. The normalized spacial score (nSPS) is 13.2. The molecule has 0 saturated heterocycles. The highest BCUT2D eigenvalue weighted by Gasteiger charge is 1.98. The number of thiazole rings is 1. The highest BCUT2D eigenvalue weighted by molar-refractivity contribution is 7.09. The molecule has 0 bridgehead atoms. The first-order valence-corrected chi connectivity index (χ1v) is 5.43. The summed E-state index contributed by atoms with van der Waals surface area (Å²) in [4.78, 5) is 4.37.